The number of pyridine rings is 1. The van der Waals surface area contributed by atoms with Gasteiger partial charge in [-0.2, -0.15) is 0 Å². The molecule has 0 aliphatic carbocycles. The number of esters is 1. The molecule has 0 saturated heterocycles. The molecule has 204 valence electrons. The van der Waals surface area contributed by atoms with Crippen molar-refractivity contribution in [2.24, 2.45) is 5.41 Å². The molecule has 0 fully saturated rings. The fraction of sp³-hybridized carbons (Fsp3) is 0.241. The number of ether oxygens (including phenoxy) is 3. The lowest BCUT2D eigenvalue weighted by Crippen LogP contribution is -2.26. The number of hydrogen-bond acceptors (Lipinski definition) is 6. The fourth-order valence-electron chi connectivity index (χ4n) is 3.76. The van der Waals surface area contributed by atoms with E-state index in [1.807, 2.05) is 0 Å². The van der Waals surface area contributed by atoms with Gasteiger partial charge in [0.1, 0.15) is 23.0 Å². The van der Waals surface area contributed by atoms with Crippen molar-refractivity contribution >= 4 is 28.5 Å². The highest BCUT2D eigenvalue weighted by Gasteiger charge is 2.31. The molecule has 1 aromatic heterocycles. The molecule has 0 bridgehead atoms. The van der Waals surface area contributed by atoms with E-state index < -0.39 is 17.7 Å². The molecule has 6 nitrogen and oxygen atoms in total. The minimum Gasteiger partial charge on any atom is -0.457 e. The topological polar surface area (TPSA) is 77.9 Å². The van der Waals surface area contributed by atoms with Gasteiger partial charge >= 0.3 is 12.3 Å². The molecule has 0 saturated carbocycles. The second-order valence-corrected chi connectivity index (χ2v) is 10.2. The van der Waals surface area contributed by atoms with Gasteiger partial charge in [-0.15, -0.1) is 13.2 Å². The molecule has 4 aromatic rings. The van der Waals surface area contributed by atoms with E-state index in [2.05, 4.69) is 9.72 Å². The maximum absolute atomic E-state index is 12.9. The van der Waals surface area contributed by atoms with E-state index in [4.69, 9.17) is 21.1 Å². The van der Waals surface area contributed by atoms with Crippen LogP contribution in [0.5, 0.6) is 23.0 Å². The summed E-state index contributed by atoms with van der Waals surface area (Å²) in [5.41, 5.74) is 2.07. The van der Waals surface area contributed by atoms with Crippen molar-refractivity contribution in [3.05, 3.63) is 76.9 Å². The Balaban J connectivity index is 1.71. The molecule has 0 unspecified atom stereocenters. The zero-order valence-corrected chi connectivity index (χ0v) is 22.3. The fourth-order valence-corrected chi connectivity index (χ4v) is 3.99. The minimum atomic E-state index is -4.78. The second kappa shape index (κ2) is 10.7. The summed E-state index contributed by atoms with van der Waals surface area (Å²) in [4.78, 5) is 17.6. The average Bonchev–Trinajstić information content (AvgIpc) is 2.84. The highest BCUT2D eigenvalue weighted by atomic mass is 35.5. The van der Waals surface area contributed by atoms with Crippen molar-refractivity contribution in [3.8, 4) is 34.1 Å². The lowest BCUT2D eigenvalue weighted by Gasteiger charge is -2.21. The first-order valence-corrected chi connectivity index (χ1v) is 12.2. The highest BCUT2D eigenvalue weighted by Crippen LogP contribution is 2.41. The van der Waals surface area contributed by atoms with E-state index in [9.17, 15) is 23.1 Å². The summed E-state index contributed by atoms with van der Waals surface area (Å²) in [6.45, 7) is 6.75. The van der Waals surface area contributed by atoms with Crippen LogP contribution in [0.2, 0.25) is 5.02 Å². The number of nitrogens with zero attached hydrogens (tertiary/aromatic N) is 1. The number of fused-ring (bicyclic) bond motifs is 1. The number of rotatable bonds is 6. The Kier molecular flexibility index (Phi) is 7.77. The lowest BCUT2D eigenvalue weighted by molar-refractivity contribution is -0.274. The molecule has 10 heteroatoms. The van der Waals surface area contributed by atoms with Gasteiger partial charge in [-0.25, -0.2) is 0 Å². The molecular weight excluding hydrogens is 535 g/mol. The molecule has 1 N–H and O–H groups in total. The Morgan fingerprint density at radius 2 is 1.51 bits per heavy atom. The number of hydrogen-bond donors (Lipinski definition) is 1. The first-order valence-electron chi connectivity index (χ1n) is 11.8. The zero-order chi connectivity index (χ0) is 28.5. The summed E-state index contributed by atoms with van der Waals surface area (Å²) in [6, 6.07) is 15.2. The first kappa shape index (κ1) is 28.2. The lowest BCUT2D eigenvalue weighted by atomic mass is 9.96. The number of aliphatic hydroxyl groups is 1. The van der Waals surface area contributed by atoms with Gasteiger partial charge in [0.05, 0.1) is 17.5 Å². The molecule has 3 aromatic carbocycles. The van der Waals surface area contributed by atoms with Crippen LogP contribution in [0, 0.1) is 12.3 Å². The van der Waals surface area contributed by atoms with Crippen molar-refractivity contribution in [2.45, 2.75) is 40.7 Å². The van der Waals surface area contributed by atoms with E-state index in [-0.39, 0.29) is 18.1 Å². The number of aliphatic hydroxyl groups excluding tert-OH is 1. The number of alkyl halides is 3. The van der Waals surface area contributed by atoms with E-state index >= 15 is 0 Å². The van der Waals surface area contributed by atoms with Crippen LogP contribution in [0.15, 0.2) is 60.7 Å². The van der Waals surface area contributed by atoms with Crippen molar-refractivity contribution in [3.63, 3.8) is 0 Å². The number of aryl methyl sites for hydroxylation is 1. The van der Waals surface area contributed by atoms with Crippen LogP contribution >= 0.6 is 11.6 Å². The van der Waals surface area contributed by atoms with E-state index in [1.165, 1.54) is 12.1 Å². The van der Waals surface area contributed by atoms with Crippen LogP contribution in [0.3, 0.4) is 0 Å². The smallest absolute Gasteiger partial charge is 0.457 e. The maximum Gasteiger partial charge on any atom is 0.573 e. The van der Waals surface area contributed by atoms with Crippen LogP contribution < -0.4 is 14.2 Å². The number of halogens is 4. The number of carbonyl (C=O) groups excluding carboxylic acids is 1. The number of carbonyl (C=O) groups is 1. The minimum absolute atomic E-state index is 0.270. The number of benzene rings is 3. The molecule has 0 radical (unpaired) electrons. The molecule has 0 aliphatic heterocycles. The number of aromatic nitrogens is 1. The molecule has 0 aliphatic rings. The van der Waals surface area contributed by atoms with Crippen LogP contribution in [0.4, 0.5) is 13.2 Å². The van der Waals surface area contributed by atoms with Crippen LogP contribution in [0.1, 0.15) is 32.0 Å². The van der Waals surface area contributed by atoms with Gasteiger partial charge in [-0.05, 0) is 87.4 Å². The average molecular weight is 560 g/mol. The van der Waals surface area contributed by atoms with Gasteiger partial charge in [0.15, 0.2) is 0 Å². The van der Waals surface area contributed by atoms with Crippen LogP contribution in [-0.2, 0) is 11.4 Å². The van der Waals surface area contributed by atoms with E-state index in [0.29, 0.717) is 49.8 Å². The molecule has 1 heterocycles. The van der Waals surface area contributed by atoms with Crippen molar-refractivity contribution in [1.29, 1.82) is 0 Å². The van der Waals surface area contributed by atoms with Gasteiger partial charge in [0.2, 0.25) is 0 Å². The third kappa shape index (κ3) is 6.61. The predicted octanol–water partition coefficient (Wildman–Crippen LogP) is 8.00. The van der Waals surface area contributed by atoms with Gasteiger partial charge in [0.25, 0.3) is 0 Å². The Bertz CT molecular complexity index is 1510. The van der Waals surface area contributed by atoms with Crippen LogP contribution in [0.25, 0.3) is 22.0 Å². The Labute approximate surface area is 227 Å². The van der Waals surface area contributed by atoms with Gasteiger partial charge < -0.3 is 19.3 Å². The Hall–Kier alpha value is -3.82. The summed E-state index contributed by atoms with van der Waals surface area (Å²) in [5.74, 6) is 0.232. The molecular formula is C29H25ClF3NO5. The summed E-state index contributed by atoms with van der Waals surface area (Å²) in [6.07, 6.45) is -4.78. The SMILES string of the molecule is Cc1nc2cc(CO)c(Cl)cc2c(OC(=O)C(C)(C)C)c1-c1ccc(Oc2ccc(OC(F)(F)F)cc2)cc1. The largest absolute Gasteiger partial charge is 0.573 e. The van der Waals surface area contributed by atoms with Crippen molar-refractivity contribution in [1.82, 2.24) is 4.98 Å². The molecule has 0 spiro atoms. The summed E-state index contributed by atoms with van der Waals surface area (Å²) in [7, 11) is 0. The Morgan fingerprint density at radius 1 is 0.949 bits per heavy atom. The molecule has 4 rings (SSSR count). The maximum atomic E-state index is 12.9. The summed E-state index contributed by atoms with van der Waals surface area (Å²) in [5, 5.41) is 10.5. The van der Waals surface area contributed by atoms with Gasteiger partial charge in [-0.1, -0.05) is 23.7 Å². The van der Waals surface area contributed by atoms with Gasteiger partial charge in [-0.3, -0.25) is 9.78 Å². The normalized spacial score (nSPS) is 11.9. The van der Waals surface area contributed by atoms with Crippen molar-refractivity contribution in [2.75, 3.05) is 0 Å². The molecule has 0 amide bonds. The third-order valence-corrected chi connectivity index (χ3v) is 6.05. The zero-order valence-electron chi connectivity index (χ0n) is 21.5. The monoisotopic (exact) mass is 559 g/mol. The first-order chi connectivity index (χ1) is 18.2. The summed E-state index contributed by atoms with van der Waals surface area (Å²) < 4.78 is 52.7. The van der Waals surface area contributed by atoms with E-state index in [0.717, 1.165) is 12.1 Å². The quantitative estimate of drug-likeness (QED) is 0.241. The predicted molar refractivity (Wildman–Crippen MR) is 141 cm³/mol. The summed E-state index contributed by atoms with van der Waals surface area (Å²) >= 11 is 6.37. The third-order valence-electron chi connectivity index (χ3n) is 5.70. The molecule has 39 heavy (non-hydrogen) atoms. The molecule has 0 atom stereocenters. The standard InChI is InChI=1S/C29H25ClF3NO5/c1-16-25(17-5-7-19(8-6-17)37-20-9-11-21(12-10-20)39-29(31,32)33)26(38-27(36)28(2,3)4)22-14-23(30)18(15-35)13-24(22)34-16/h5-14,35H,15H2,1-4H3. The Morgan fingerprint density at radius 3 is 2.05 bits per heavy atom. The van der Waals surface area contributed by atoms with Crippen LogP contribution in [-0.4, -0.2) is 22.4 Å². The van der Waals surface area contributed by atoms with Gasteiger partial charge in [0, 0.05) is 21.7 Å². The second-order valence-electron chi connectivity index (χ2n) is 9.81. The van der Waals surface area contributed by atoms with Crippen molar-refractivity contribution < 1.29 is 37.3 Å². The van der Waals surface area contributed by atoms with E-state index in [1.54, 1.807) is 64.1 Å². The highest BCUT2D eigenvalue weighted by molar-refractivity contribution is 6.32.